The van der Waals surface area contributed by atoms with E-state index in [1.54, 1.807) is 25.7 Å². The van der Waals surface area contributed by atoms with Crippen molar-refractivity contribution in [1.29, 1.82) is 0 Å². The molecule has 2 fully saturated rings. The highest BCUT2D eigenvalue weighted by atomic mass is 32.2. The van der Waals surface area contributed by atoms with E-state index in [9.17, 15) is 37.2 Å². The molecule has 4 rings (SSSR count). The van der Waals surface area contributed by atoms with Gasteiger partial charge in [0.05, 0.1) is 18.8 Å². The van der Waals surface area contributed by atoms with E-state index in [0.29, 0.717) is 25.9 Å². The Kier molecular flexibility index (Phi) is 14.2. The number of fused-ring (bicyclic) bond motifs is 1. The maximum Gasteiger partial charge on any atom is 0.410 e. The molecule has 0 bridgehead atoms. The Labute approximate surface area is 331 Å². The average Bonchev–Trinajstić information content (AvgIpc) is 3.82. The van der Waals surface area contributed by atoms with Gasteiger partial charge < -0.3 is 35.8 Å². The van der Waals surface area contributed by atoms with Crippen LogP contribution >= 0.6 is 0 Å². The zero-order valence-corrected chi connectivity index (χ0v) is 35.1. The van der Waals surface area contributed by atoms with Crippen LogP contribution in [0.25, 0.3) is 0 Å². The van der Waals surface area contributed by atoms with Gasteiger partial charge in [-0.1, -0.05) is 79.2 Å². The van der Waals surface area contributed by atoms with Crippen molar-refractivity contribution >= 4 is 45.7 Å². The van der Waals surface area contributed by atoms with Gasteiger partial charge in [-0.2, -0.15) is 0 Å². The number of amides is 6. The number of likely N-dealkylation sites (N-methyl/N-ethyl adjacent to an activating group) is 1. The van der Waals surface area contributed by atoms with Crippen LogP contribution in [0.2, 0.25) is 0 Å². The Morgan fingerprint density at radius 3 is 2.16 bits per heavy atom. The second-order valence-electron chi connectivity index (χ2n) is 17.5. The molecule has 1 aromatic carbocycles. The summed E-state index contributed by atoms with van der Waals surface area (Å²) in [7, 11) is -2.14. The summed E-state index contributed by atoms with van der Waals surface area (Å²) in [6.45, 7) is 13.2. The Morgan fingerprint density at radius 1 is 0.946 bits per heavy atom. The molecule has 16 nitrogen and oxygen atoms in total. The lowest BCUT2D eigenvalue weighted by Crippen LogP contribution is -2.62. The van der Waals surface area contributed by atoms with Crippen molar-refractivity contribution < 1.29 is 41.9 Å². The van der Waals surface area contributed by atoms with Gasteiger partial charge in [-0.15, -0.1) is 0 Å². The molecule has 0 spiro atoms. The number of hydrogen-bond acceptors (Lipinski definition) is 9. The van der Waals surface area contributed by atoms with Gasteiger partial charge >= 0.3 is 12.1 Å². The predicted molar refractivity (Wildman–Crippen MR) is 210 cm³/mol. The zero-order chi connectivity index (χ0) is 41.7. The molecule has 1 saturated heterocycles. The number of carbonyl (C=O) groups excluding carboxylic acids is 6. The third-order valence-corrected chi connectivity index (χ3v) is 11.9. The van der Waals surface area contributed by atoms with Crippen LogP contribution in [-0.4, -0.2) is 127 Å². The molecule has 17 heteroatoms. The highest BCUT2D eigenvalue weighted by Crippen LogP contribution is 2.29. The number of sulfonamides is 1. The minimum Gasteiger partial charge on any atom is -0.444 e. The van der Waals surface area contributed by atoms with Gasteiger partial charge in [-0.25, -0.2) is 22.3 Å². The highest BCUT2D eigenvalue weighted by Gasteiger charge is 2.47. The molecule has 1 aliphatic carbocycles. The van der Waals surface area contributed by atoms with E-state index >= 15 is 0 Å². The molecule has 4 unspecified atom stereocenters. The topological polar surface area (TPSA) is 204 Å². The van der Waals surface area contributed by atoms with Gasteiger partial charge in [0.15, 0.2) is 0 Å². The van der Waals surface area contributed by atoms with E-state index in [1.165, 1.54) is 11.9 Å². The van der Waals surface area contributed by atoms with Gasteiger partial charge in [-0.05, 0) is 47.6 Å². The number of carbonyl (C=O) groups is 6. The second-order valence-corrected chi connectivity index (χ2v) is 19.6. The van der Waals surface area contributed by atoms with Crippen LogP contribution < -0.4 is 21.3 Å². The van der Waals surface area contributed by atoms with E-state index in [-0.39, 0.29) is 32.0 Å². The van der Waals surface area contributed by atoms with E-state index in [4.69, 9.17) is 4.74 Å². The van der Waals surface area contributed by atoms with Crippen LogP contribution in [0.3, 0.4) is 0 Å². The number of Topliss-reactive ketones (excluding diaryl/α,β-unsaturated/α-hetero) is 1. The largest absolute Gasteiger partial charge is 0.444 e. The number of nitrogens with one attached hydrogen (secondary N) is 4. The predicted octanol–water partition coefficient (Wildman–Crippen LogP) is 2.30. The number of urea groups is 1. The van der Waals surface area contributed by atoms with Crippen molar-refractivity contribution in [2.24, 2.45) is 10.8 Å². The SMILES string of the molecule is CCCC(NC(=O)C1CC(OC(=O)N2CCc3ccccc3C2)CN1C(=O)[C@@H](NC(=O)NC(CN(C)S(C)(=O)=O)C(C)(C)C)C(C)(C)C)C(=O)C(=O)NC1CC1. The Hall–Kier alpha value is -4.25. The van der Waals surface area contributed by atoms with Crippen molar-refractivity contribution in [3.05, 3.63) is 35.4 Å². The first kappa shape index (κ1) is 44.5. The van der Waals surface area contributed by atoms with Gasteiger partial charge in [0.25, 0.3) is 5.91 Å². The molecule has 0 aromatic heterocycles. The van der Waals surface area contributed by atoms with Gasteiger partial charge in [0, 0.05) is 45.2 Å². The molecule has 0 radical (unpaired) electrons. The molecule has 56 heavy (non-hydrogen) atoms. The number of ether oxygens (including phenoxy) is 1. The fraction of sp³-hybridized carbons (Fsp3) is 0.692. The van der Waals surface area contributed by atoms with Gasteiger partial charge in [0.1, 0.15) is 18.2 Å². The summed E-state index contributed by atoms with van der Waals surface area (Å²) in [5.74, 6) is -2.87. The molecule has 1 aromatic rings. The van der Waals surface area contributed by atoms with E-state index in [0.717, 1.165) is 34.5 Å². The second kappa shape index (κ2) is 17.9. The van der Waals surface area contributed by atoms with Crippen LogP contribution in [0, 0.1) is 10.8 Å². The third kappa shape index (κ3) is 11.9. The van der Waals surface area contributed by atoms with Crippen molar-refractivity contribution in [3.63, 3.8) is 0 Å². The molecule has 312 valence electrons. The average molecular weight is 804 g/mol. The van der Waals surface area contributed by atoms with Crippen LogP contribution in [-0.2, 0) is 46.9 Å². The number of rotatable bonds is 14. The molecular weight excluding hydrogens is 743 g/mol. The van der Waals surface area contributed by atoms with Crippen molar-refractivity contribution in [2.45, 2.75) is 130 Å². The maximum absolute atomic E-state index is 14.6. The summed E-state index contributed by atoms with van der Waals surface area (Å²) in [4.78, 5) is 84.6. The monoisotopic (exact) mass is 803 g/mol. The first-order chi connectivity index (χ1) is 26.0. The lowest BCUT2D eigenvalue weighted by molar-refractivity contribution is -0.144. The van der Waals surface area contributed by atoms with Crippen LogP contribution in [0.4, 0.5) is 9.59 Å². The zero-order valence-electron chi connectivity index (χ0n) is 34.3. The number of hydrogen-bond donors (Lipinski definition) is 4. The molecule has 3 aliphatic rings. The molecule has 2 aliphatic heterocycles. The molecule has 5 atom stereocenters. The minimum absolute atomic E-state index is 0.0236. The number of ketones is 1. The molecule has 4 N–H and O–H groups in total. The molecule has 2 heterocycles. The first-order valence-corrected chi connectivity index (χ1v) is 21.3. The van der Waals surface area contributed by atoms with E-state index < -0.39 is 86.8 Å². The van der Waals surface area contributed by atoms with Crippen molar-refractivity contribution in [3.8, 4) is 0 Å². The fourth-order valence-electron chi connectivity index (χ4n) is 6.79. The number of benzene rings is 1. The minimum atomic E-state index is -3.56. The quantitative estimate of drug-likeness (QED) is 0.204. The number of nitrogens with zero attached hydrogens (tertiary/aromatic N) is 3. The lowest BCUT2D eigenvalue weighted by atomic mass is 9.85. The summed E-state index contributed by atoms with van der Waals surface area (Å²) >= 11 is 0. The summed E-state index contributed by atoms with van der Waals surface area (Å²) in [6.07, 6.45) is 2.38. The Bertz CT molecular complexity index is 1750. The maximum atomic E-state index is 14.6. The fourth-order valence-corrected chi connectivity index (χ4v) is 7.21. The smallest absolute Gasteiger partial charge is 0.410 e. The molecular formula is C39H61N7O9S. The molecule has 6 amide bonds. The lowest BCUT2D eigenvalue weighted by Gasteiger charge is -2.37. The van der Waals surface area contributed by atoms with Crippen LogP contribution in [0.1, 0.15) is 91.7 Å². The summed E-state index contributed by atoms with van der Waals surface area (Å²) in [6, 6.07) is 2.85. The highest BCUT2D eigenvalue weighted by molar-refractivity contribution is 7.88. The Morgan fingerprint density at radius 2 is 1.59 bits per heavy atom. The standard InChI is InChI=1S/C39H61N7O9S/c1-10-13-28(31(47)34(49)40-26-16-17-26)41-33(48)29-20-27(55-37(52)45-19-18-24-14-11-12-15-25(24)21-45)22-46(29)35(50)32(39(5,6)7)43-36(51)42-30(38(2,3)4)23-44(8)56(9,53)54/h11-12,14-15,26-30,32H,10,13,16-23H2,1-9H3,(H,40,49)(H,41,48)(H2,42,43,51)/t27?,28?,29?,30?,32-/m1/s1. The van der Waals surface area contributed by atoms with Crippen LogP contribution in [0.5, 0.6) is 0 Å². The molecule has 1 saturated carbocycles. The third-order valence-electron chi connectivity index (χ3n) is 10.6. The van der Waals surface area contributed by atoms with Crippen molar-refractivity contribution in [1.82, 2.24) is 35.4 Å². The summed E-state index contributed by atoms with van der Waals surface area (Å²) < 4.78 is 31.5. The summed E-state index contributed by atoms with van der Waals surface area (Å²) in [5.41, 5.74) is 0.676. The van der Waals surface area contributed by atoms with Crippen LogP contribution in [0.15, 0.2) is 24.3 Å². The van der Waals surface area contributed by atoms with E-state index in [1.807, 2.05) is 52.0 Å². The Balaban J connectivity index is 1.57. The first-order valence-electron chi connectivity index (χ1n) is 19.5. The van der Waals surface area contributed by atoms with E-state index in [2.05, 4.69) is 21.3 Å². The van der Waals surface area contributed by atoms with Gasteiger partial charge in [-0.3, -0.25) is 19.2 Å². The normalized spacial score (nSPS) is 20.3. The van der Waals surface area contributed by atoms with Crippen molar-refractivity contribution in [2.75, 3.05) is 32.9 Å². The number of likely N-dealkylation sites (tertiary alicyclic amines) is 1. The summed E-state index contributed by atoms with van der Waals surface area (Å²) in [5, 5.41) is 11.0. The van der Waals surface area contributed by atoms with Gasteiger partial charge in [0.2, 0.25) is 27.6 Å².